The summed E-state index contributed by atoms with van der Waals surface area (Å²) in [5.41, 5.74) is 5.59. The van der Waals surface area contributed by atoms with E-state index in [2.05, 4.69) is 10.5 Å². The van der Waals surface area contributed by atoms with Crippen LogP contribution in [0.3, 0.4) is 0 Å². The minimum atomic E-state index is -0.477. The van der Waals surface area contributed by atoms with Crippen LogP contribution in [-0.4, -0.2) is 65.5 Å². The Hall–Kier alpha value is -1.35. The smallest absolute Gasteiger partial charge is 0.239 e. The molecule has 2 rings (SSSR count). The van der Waals surface area contributed by atoms with Gasteiger partial charge in [-0.1, -0.05) is 5.16 Å². The van der Waals surface area contributed by atoms with E-state index in [4.69, 9.17) is 10.3 Å². The van der Waals surface area contributed by atoms with E-state index in [1.807, 2.05) is 4.90 Å². The lowest BCUT2D eigenvalue weighted by Gasteiger charge is -2.35. The third-order valence-electron chi connectivity index (χ3n) is 3.34. The zero-order valence-electron chi connectivity index (χ0n) is 13.2. The summed E-state index contributed by atoms with van der Waals surface area (Å²) in [6, 6.07) is 1.19. The number of nitrogens with zero attached hydrogens (tertiary/aromatic N) is 3. The molecule has 0 aromatic carbocycles. The number of piperazine rings is 1. The minimum absolute atomic E-state index is 0. The maximum atomic E-state index is 11.9. The molecule has 8 nitrogen and oxygen atoms in total. The Kier molecular flexibility index (Phi) is 9.14. The molecule has 1 fully saturated rings. The molecule has 1 atom stereocenters. The lowest BCUT2D eigenvalue weighted by atomic mass is 10.2. The molecule has 1 saturated heterocycles. The Bertz CT molecular complexity index is 515. The van der Waals surface area contributed by atoms with Crippen LogP contribution in [0.2, 0.25) is 0 Å². The Morgan fingerprint density at radius 1 is 1.35 bits per heavy atom. The van der Waals surface area contributed by atoms with Crippen molar-refractivity contribution in [2.45, 2.75) is 19.9 Å². The molecule has 10 heteroatoms. The summed E-state index contributed by atoms with van der Waals surface area (Å²) in [6.07, 6.45) is 0. The van der Waals surface area contributed by atoms with Crippen LogP contribution in [0.25, 0.3) is 0 Å². The number of carbonyl (C=O) groups is 2. The summed E-state index contributed by atoms with van der Waals surface area (Å²) in [5.74, 6) is 0.879. The number of hydrogen-bond acceptors (Lipinski definition) is 6. The van der Waals surface area contributed by atoms with Crippen molar-refractivity contribution in [3.05, 3.63) is 11.8 Å². The van der Waals surface area contributed by atoms with Crippen LogP contribution >= 0.6 is 24.8 Å². The number of aromatic nitrogens is 1. The predicted molar refractivity (Wildman–Crippen MR) is 91.0 cm³/mol. The fourth-order valence-electron chi connectivity index (χ4n) is 2.23. The van der Waals surface area contributed by atoms with Gasteiger partial charge in [0.05, 0.1) is 12.6 Å². The van der Waals surface area contributed by atoms with E-state index in [-0.39, 0.29) is 43.2 Å². The van der Waals surface area contributed by atoms with Crippen LogP contribution < -0.4 is 11.1 Å². The maximum absolute atomic E-state index is 11.9. The van der Waals surface area contributed by atoms with E-state index in [9.17, 15) is 9.59 Å². The zero-order chi connectivity index (χ0) is 15.4. The molecule has 0 bridgehead atoms. The first-order valence-electron chi connectivity index (χ1n) is 6.95. The zero-order valence-corrected chi connectivity index (χ0v) is 14.8. The number of nitrogens with two attached hydrogens (primary N) is 1. The molecular formula is C13H23Cl2N5O3. The Morgan fingerprint density at radius 3 is 2.43 bits per heavy atom. The van der Waals surface area contributed by atoms with Gasteiger partial charge < -0.3 is 20.5 Å². The number of nitrogens with one attached hydrogen (secondary N) is 1. The predicted octanol–water partition coefficient (Wildman–Crippen LogP) is 0.257. The second-order valence-corrected chi connectivity index (χ2v) is 5.26. The molecule has 23 heavy (non-hydrogen) atoms. The van der Waals surface area contributed by atoms with Crippen LogP contribution in [0.15, 0.2) is 10.6 Å². The van der Waals surface area contributed by atoms with E-state index in [1.165, 1.54) is 0 Å². The van der Waals surface area contributed by atoms with Gasteiger partial charge in [-0.3, -0.25) is 14.5 Å². The van der Waals surface area contributed by atoms with Crippen molar-refractivity contribution in [3.8, 4) is 0 Å². The fraction of sp³-hybridized carbons (Fsp3) is 0.615. The number of rotatable bonds is 4. The summed E-state index contributed by atoms with van der Waals surface area (Å²) >= 11 is 0. The molecular weight excluding hydrogens is 345 g/mol. The number of anilines is 1. The van der Waals surface area contributed by atoms with Gasteiger partial charge in [-0.15, -0.1) is 24.8 Å². The third kappa shape index (κ3) is 6.34. The Balaban J connectivity index is 0.00000242. The molecule has 2 amide bonds. The lowest BCUT2D eigenvalue weighted by Crippen LogP contribution is -2.53. The highest BCUT2D eigenvalue weighted by molar-refractivity contribution is 5.91. The number of amides is 2. The maximum Gasteiger partial charge on any atom is 0.239 e. The average Bonchev–Trinajstić information content (AvgIpc) is 2.83. The topological polar surface area (TPSA) is 105 Å². The van der Waals surface area contributed by atoms with Crippen molar-refractivity contribution in [3.63, 3.8) is 0 Å². The van der Waals surface area contributed by atoms with Crippen molar-refractivity contribution in [1.82, 2.24) is 15.0 Å². The molecule has 0 unspecified atom stereocenters. The molecule has 3 N–H and O–H groups in total. The van der Waals surface area contributed by atoms with Crippen molar-refractivity contribution >= 4 is 42.4 Å². The monoisotopic (exact) mass is 367 g/mol. The number of aryl methyl sites for hydroxylation is 1. The van der Waals surface area contributed by atoms with Crippen LogP contribution in [0.4, 0.5) is 5.82 Å². The van der Waals surface area contributed by atoms with Gasteiger partial charge in [0.2, 0.25) is 11.8 Å². The van der Waals surface area contributed by atoms with Crippen LogP contribution in [-0.2, 0) is 9.59 Å². The Morgan fingerprint density at radius 2 is 1.96 bits per heavy atom. The van der Waals surface area contributed by atoms with Gasteiger partial charge in [0, 0.05) is 32.2 Å². The van der Waals surface area contributed by atoms with Gasteiger partial charge in [0.1, 0.15) is 5.76 Å². The summed E-state index contributed by atoms with van der Waals surface area (Å²) in [6.45, 7) is 6.21. The van der Waals surface area contributed by atoms with E-state index in [1.54, 1.807) is 24.8 Å². The summed E-state index contributed by atoms with van der Waals surface area (Å²) in [4.78, 5) is 27.4. The normalized spacial score (nSPS) is 16.0. The number of carbonyl (C=O) groups excluding carboxylic acids is 2. The van der Waals surface area contributed by atoms with E-state index >= 15 is 0 Å². The SMILES string of the molecule is Cc1cc(NC(=O)CN2CCN(C(=O)[C@@H](C)N)CC2)no1.Cl.Cl. The fourth-order valence-corrected chi connectivity index (χ4v) is 2.23. The first-order valence-corrected chi connectivity index (χ1v) is 6.95. The highest BCUT2D eigenvalue weighted by Gasteiger charge is 2.24. The molecule has 0 spiro atoms. The van der Waals surface area contributed by atoms with Gasteiger partial charge in [-0.2, -0.15) is 0 Å². The molecule has 1 aliphatic heterocycles. The van der Waals surface area contributed by atoms with E-state index in [0.29, 0.717) is 37.8 Å². The van der Waals surface area contributed by atoms with Gasteiger partial charge >= 0.3 is 0 Å². The van der Waals surface area contributed by atoms with E-state index < -0.39 is 6.04 Å². The number of hydrogen-bond donors (Lipinski definition) is 2. The highest BCUT2D eigenvalue weighted by atomic mass is 35.5. The van der Waals surface area contributed by atoms with Crippen LogP contribution in [0.1, 0.15) is 12.7 Å². The second-order valence-electron chi connectivity index (χ2n) is 5.26. The molecule has 132 valence electrons. The van der Waals surface area contributed by atoms with E-state index in [0.717, 1.165) is 0 Å². The standard InChI is InChI=1S/C13H21N5O3.2ClH/c1-9-7-11(16-21-9)15-12(19)8-17-3-5-18(6-4-17)13(20)10(2)14;;/h7,10H,3-6,8,14H2,1-2H3,(H,15,16,19);2*1H/t10-;;/m1../s1. The quantitative estimate of drug-likeness (QED) is 0.790. The van der Waals surface area contributed by atoms with Gasteiger partial charge in [0.15, 0.2) is 5.82 Å². The molecule has 0 radical (unpaired) electrons. The van der Waals surface area contributed by atoms with Gasteiger partial charge in [-0.05, 0) is 13.8 Å². The summed E-state index contributed by atoms with van der Waals surface area (Å²) in [7, 11) is 0. The van der Waals surface area contributed by atoms with Gasteiger partial charge in [-0.25, -0.2) is 0 Å². The number of halogens is 2. The molecule has 0 saturated carbocycles. The first kappa shape index (κ1) is 21.6. The van der Waals surface area contributed by atoms with Crippen molar-refractivity contribution < 1.29 is 14.1 Å². The second kappa shape index (κ2) is 9.71. The minimum Gasteiger partial charge on any atom is -0.360 e. The third-order valence-corrected chi connectivity index (χ3v) is 3.34. The summed E-state index contributed by atoms with van der Waals surface area (Å²) < 4.78 is 4.88. The van der Waals surface area contributed by atoms with Crippen molar-refractivity contribution in [1.29, 1.82) is 0 Å². The highest BCUT2D eigenvalue weighted by Crippen LogP contribution is 2.08. The first-order chi connectivity index (χ1) is 9.95. The van der Waals surface area contributed by atoms with Crippen molar-refractivity contribution in [2.75, 3.05) is 38.0 Å². The van der Waals surface area contributed by atoms with Crippen LogP contribution in [0.5, 0.6) is 0 Å². The molecule has 1 aromatic heterocycles. The lowest BCUT2D eigenvalue weighted by molar-refractivity contribution is -0.134. The average molecular weight is 368 g/mol. The van der Waals surface area contributed by atoms with Crippen molar-refractivity contribution in [2.24, 2.45) is 5.73 Å². The molecule has 1 aliphatic rings. The molecule has 2 heterocycles. The molecule has 0 aliphatic carbocycles. The Labute approximate surface area is 147 Å². The summed E-state index contributed by atoms with van der Waals surface area (Å²) in [5, 5.41) is 6.39. The van der Waals surface area contributed by atoms with Crippen LogP contribution in [0, 0.1) is 6.92 Å². The molecule has 1 aromatic rings. The van der Waals surface area contributed by atoms with Gasteiger partial charge in [0.25, 0.3) is 0 Å². The largest absolute Gasteiger partial charge is 0.360 e.